The Balaban J connectivity index is 2.18. The van der Waals surface area contributed by atoms with Crippen LogP contribution in [-0.2, 0) is 6.54 Å². The van der Waals surface area contributed by atoms with Crippen LogP contribution < -0.4 is 0 Å². The third-order valence-electron chi connectivity index (χ3n) is 1.93. The summed E-state index contributed by atoms with van der Waals surface area (Å²) in [5.74, 6) is 0. The molecule has 0 atom stereocenters. The smallest absolute Gasteiger partial charge is 0.137 e. The van der Waals surface area contributed by atoms with Crippen LogP contribution in [0.4, 0.5) is 0 Å². The van der Waals surface area contributed by atoms with Crippen molar-refractivity contribution in [3.63, 3.8) is 0 Å². The number of halogens is 3. The van der Waals surface area contributed by atoms with E-state index in [0.717, 1.165) is 14.7 Å². The second-order valence-corrected chi connectivity index (χ2v) is 6.21. The van der Waals surface area contributed by atoms with Gasteiger partial charge in [0, 0.05) is 9.77 Å². The van der Waals surface area contributed by atoms with Crippen LogP contribution in [0.5, 0.6) is 0 Å². The van der Waals surface area contributed by atoms with Gasteiger partial charge in [-0.25, -0.2) is 0 Å². The molecule has 2 rings (SSSR count). The minimum atomic E-state index is 0.818. The maximum atomic E-state index is 4.38. The van der Waals surface area contributed by atoms with Crippen LogP contribution in [0.1, 0.15) is 5.56 Å². The number of nitrogens with zero attached hydrogens (tertiary/aromatic N) is 2. The quantitative estimate of drug-likeness (QED) is 0.586. The molecule has 1 aromatic heterocycles. The second-order valence-electron chi connectivity index (χ2n) is 3.09. The van der Waals surface area contributed by atoms with Gasteiger partial charge >= 0.3 is 0 Å². The van der Waals surface area contributed by atoms with Crippen molar-refractivity contribution in [2.45, 2.75) is 6.54 Å². The minimum absolute atomic E-state index is 0.818. The first-order valence-electron chi connectivity index (χ1n) is 4.28. The van der Waals surface area contributed by atoms with Crippen molar-refractivity contribution in [1.29, 1.82) is 0 Å². The van der Waals surface area contributed by atoms with E-state index in [0.29, 0.717) is 0 Å². The molecule has 0 spiro atoms. The zero-order chi connectivity index (χ0) is 10.8. The van der Waals surface area contributed by atoms with E-state index in [-0.39, 0.29) is 0 Å². The van der Waals surface area contributed by atoms with Crippen molar-refractivity contribution in [3.05, 3.63) is 47.8 Å². The Labute approximate surface area is 124 Å². The van der Waals surface area contributed by atoms with E-state index >= 15 is 0 Å². The Morgan fingerprint density at radius 1 is 1.20 bits per heavy atom. The molecule has 15 heavy (non-hydrogen) atoms. The van der Waals surface area contributed by atoms with Gasteiger partial charge in [0.05, 0.1) is 11.0 Å². The SMILES string of the molecule is Brc1cn(Cc2ccc(I)cc2)nc1I. The van der Waals surface area contributed by atoms with E-state index in [9.17, 15) is 0 Å². The molecule has 1 heterocycles. The summed E-state index contributed by atoms with van der Waals surface area (Å²) in [6, 6.07) is 8.48. The standard InChI is InChI=1S/C10H7BrI2N2/c11-9-6-15(14-10(9)13)5-7-1-3-8(12)4-2-7/h1-4,6H,5H2. The van der Waals surface area contributed by atoms with E-state index in [1.807, 2.05) is 10.9 Å². The van der Waals surface area contributed by atoms with E-state index in [2.05, 4.69) is 90.5 Å². The van der Waals surface area contributed by atoms with Gasteiger partial charge in [-0.2, -0.15) is 5.10 Å². The molecule has 2 nitrogen and oxygen atoms in total. The molecule has 5 heteroatoms. The molecule has 0 aliphatic heterocycles. The summed E-state index contributed by atoms with van der Waals surface area (Å²) < 4.78 is 5.24. The molecule has 0 fully saturated rings. The fourth-order valence-corrected chi connectivity index (χ4v) is 2.32. The van der Waals surface area contributed by atoms with Crippen LogP contribution in [0.3, 0.4) is 0 Å². The Morgan fingerprint density at radius 3 is 2.40 bits per heavy atom. The average molecular weight is 489 g/mol. The Kier molecular flexibility index (Phi) is 4.05. The maximum absolute atomic E-state index is 4.38. The van der Waals surface area contributed by atoms with E-state index in [1.54, 1.807) is 0 Å². The van der Waals surface area contributed by atoms with Gasteiger partial charge in [-0.05, 0) is 78.8 Å². The van der Waals surface area contributed by atoms with Gasteiger partial charge in [-0.3, -0.25) is 4.68 Å². The molecule has 1 aromatic carbocycles. The van der Waals surface area contributed by atoms with Crippen LogP contribution in [-0.4, -0.2) is 9.78 Å². The number of aromatic nitrogens is 2. The predicted octanol–water partition coefficient (Wildman–Crippen LogP) is 3.90. The van der Waals surface area contributed by atoms with Crippen molar-refractivity contribution in [1.82, 2.24) is 9.78 Å². The highest BCUT2D eigenvalue weighted by molar-refractivity contribution is 14.1. The average Bonchev–Trinajstić information content (AvgIpc) is 2.50. The lowest BCUT2D eigenvalue weighted by Crippen LogP contribution is -2.00. The summed E-state index contributed by atoms with van der Waals surface area (Å²) >= 11 is 7.97. The largest absolute Gasteiger partial charge is 0.266 e. The van der Waals surface area contributed by atoms with Gasteiger partial charge in [0.25, 0.3) is 0 Å². The Hall–Kier alpha value is 0.370. The molecule has 0 saturated heterocycles. The zero-order valence-electron chi connectivity index (χ0n) is 7.62. The van der Waals surface area contributed by atoms with Gasteiger partial charge < -0.3 is 0 Å². The highest BCUT2D eigenvalue weighted by Crippen LogP contribution is 2.17. The topological polar surface area (TPSA) is 17.8 Å². The predicted molar refractivity (Wildman–Crippen MR) is 80.9 cm³/mol. The van der Waals surface area contributed by atoms with Gasteiger partial charge in [0.1, 0.15) is 3.70 Å². The van der Waals surface area contributed by atoms with Crippen LogP contribution in [0.25, 0.3) is 0 Å². The third kappa shape index (κ3) is 3.16. The zero-order valence-corrected chi connectivity index (χ0v) is 13.5. The molecule has 78 valence electrons. The second kappa shape index (κ2) is 5.13. The van der Waals surface area contributed by atoms with Crippen LogP contribution in [0, 0.1) is 7.27 Å². The minimum Gasteiger partial charge on any atom is -0.266 e. The summed E-state index contributed by atoms with van der Waals surface area (Å²) in [4.78, 5) is 0. The first-order valence-corrected chi connectivity index (χ1v) is 7.23. The van der Waals surface area contributed by atoms with E-state index in [1.165, 1.54) is 9.13 Å². The van der Waals surface area contributed by atoms with Gasteiger partial charge in [-0.1, -0.05) is 12.1 Å². The van der Waals surface area contributed by atoms with Crippen LogP contribution in [0.2, 0.25) is 0 Å². The van der Waals surface area contributed by atoms with Crippen LogP contribution >= 0.6 is 61.1 Å². The van der Waals surface area contributed by atoms with Crippen molar-refractivity contribution in [2.24, 2.45) is 0 Å². The molecule has 0 bridgehead atoms. The number of rotatable bonds is 2. The molecule has 0 unspecified atom stereocenters. The summed E-state index contributed by atoms with van der Waals surface area (Å²) in [5.41, 5.74) is 1.27. The fraction of sp³-hybridized carbons (Fsp3) is 0.100. The summed E-state index contributed by atoms with van der Waals surface area (Å²) in [7, 11) is 0. The molecule has 0 N–H and O–H groups in total. The van der Waals surface area contributed by atoms with Crippen molar-refractivity contribution >= 4 is 61.1 Å². The van der Waals surface area contributed by atoms with Crippen molar-refractivity contribution in [3.8, 4) is 0 Å². The number of hydrogen-bond acceptors (Lipinski definition) is 1. The Bertz CT molecular complexity index is 445. The first-order chi connectivity index (χ1) is 7.15. The van der Waals surface area contributed by atoms with Crippen molar-refractivity contribution in [2.75, 3.05) is 0 Å². The molecule has 0 amide bonds. The third-order valence-corrected chi connectivity index (χ3v) is 4.77. The molecule has 2 aromatic rings. The monoisotopic (exact) mass is 488 g/mol. The summed E-state index contributed by atoms with van der Waals surface area (Å²) in [5, 5.41) is 4.38. The molecule has 0 saturated carbocycles. The lowest BCUT2D eigenvalue weighted by molar-refractivity contribution is 0.681. The molecule has 0 radical (unpaired) electrons. The normalized spacial score (nSPS) is 10.6. The Morgan fingerprint density at radius 2 is 1.87 bits per heavy atom. The number of benzene rings is 1. The maximum Gasteiger partial charge on any atom is 0.137 e. The summed E-state index contributed by atoms with van der Waals surface area (Å²) in [6.45, 7) is 0.818. The molecule has 0 aliphatic rings. The van der Waals surface area contributed by atoms with Crippen LogP contribution in [0.15, 0.2) is 34.9 Å². The molecular formula is C10H7BrI2N2. The fourth-order valence-electron chi connectivity index (χ4n) is 1.23. The van der Waals surface area contributed by atoms with Gasteiger partial charge in [0.15, 0.2) is 0 Å². The van der Waals surface area contributed by atoms with E-state index in [4.69, 9.17) is 0 Å². The molecule has 0 aliphatic carbocycles. The first kappa shape index (κ1) is 11.8. The number of hydrogen-bond donors (Lipinski definition) is 0. The van der Waals surface area contributed by atoms with E-state index < -0.39 is 0 Å². The highest BCUT2D eigenvalue weighted by Gasteiger charge is 2.03. The van der Waals surface area contributed by atoms with Crippen molar-refractivity contribution < 1.29 is 0 Å². The lowest BCUT2D eigenvalue weighted by atomic mass is 10.2. The highest BCUT2D eigenvalue weighted by atomic mass is 127. The van der Waals surface area contributed by atoms with Gasteiger partial charge in [-0.15, -0.1) is 0 Å². The van der Waals surface area contributed by atoms with Gasteiger partial charge in [0.2, 0.25) is 0 Å². The lowest BCUT2D eigenvalue weighted by Gasteiger charge is -2.01. The molecular weight excluding hydrogens is 482 g/mol. The summed E-state index contributed by atoms with van der Waals surface area (Å²) in [6.07, 6.45) is 2.00.